The topological polar surface area (TPSA) is 84.9 Å². The third kappa shape index (κ3) is 4.28. The van der Waals surface area contributed by atoms with Crippen molar-refractivity contribution in [3.63, 3.8) is 0 Å². The normalized spacial score (nSPS) is 13.7. The van der Waals surface area contributed by atoms with Gasteiger partial charge in [-0.05, 0) is 32.9 Å². The summed E-state index contributed by atoms with van der Waals surface area (Å²) in [6.45, 7) is 5.78. The Hall–Kier alpha value is -1.96. The maximum absolute atomic E-state index is 12.4. The molecule has 1 N–H and O–H groups in total. The molecule has 1 amide bonds. The van der Waals surface area contributed by atoms with E-state index in [4.69, 9.17) is 9.47 Å². The Balaban J connectivity index is 2.32. The molecule has 0 fully saturated rings. The van der Waals surface area contributed by atoms with Crippen molar-refractivity contribution in [1.29, 1.82) is 0 Å². The molecule has 0 spiro atoms. The van der Waals surface area contributed by atoms with Gasteiger partial charge in [0.05, 0.1) is 11.4 Å². The van der Waals surface area contributed by atoms with Crippen molar-refractivity contribution in [2.24, 2.45) is 0 Å². The number of anilines is 1. The van der Waals surface area contributed by atoms with Crippen LogP contribution in [-0.2, 0) is 14.8 Å². The minimum atomic E-state index is -3.59. The van der Waals surface area contributed by atoms with Crippen molar-refractivity contribution in [2.75, 3.05) is 29.8 Å². The largest absolute Gasteiger partial charge is 0.486 e. The van der Waals surface area contributed by atoms with Crippen LogP contribution < -0.4 is 19.1 Å². The summed E-state index contributed by atoms with van der Waals surface area (Å²) in [5, 5.41) is 2.70. The molecule has 7 nitrogen and oxygen atoms in total. The molecule has 0 aliphatic carbocycles. The van der Waals surface area contributed by atoms with Crippen LogP contribution in [0.3, 0.4) is 0 Å². The maximum atomic E-state index is 12.4. The first-order chi connectivity index (χ1) is 10.8. The van der Waals surface area contributed by atoms with Gasteiger partial charge in [0, 0.05) is 12.1 Å². The highest BCUT2D eigenvalue weighted by Crippen LogP contribution is 2.34. The quantitative estimate of drug-likeness (QED) is 0.838. The van der Waals surface area contributed by atoms with Crippen molar-refractivity contribution in [2.45, 2.75) is 26.8 Å². The first-order valence-electron chi connectivity index (χ1n) is 7.53. The second-order valence-corrected chi connectivity index (χ2v) is 7.64. The fourth-order valence-electron chi connectivity index (χ4n) is 2.19. The van der Waals surface area contributed by atoms with Gasteiger partial charge in [-0.1, -0.05) is 0 Å². The van der Waals surface area contributed by atoms with E-state index in [0.29, 0.717) is 30.4 Å². The first-order valence-corrected chi connectivity index (χ1v) is 9.14. The second-order valence-electron chi connectivity index (χ2n) is 5.46. The van der Waals surface area contributed by atoms with E-state index in [1.165, 1.54) is 0 Å². The van der Waals surface area contributed by atoms with Crippen LogP contribution in [-0.4, -0.2) is 45.9 Å². The molecule has 0 saturated carbocycles. The van der Waals surface area contributed by atoms with Crippen LogP contribution in [0.2, 0.25) is 0 Å². The van der Waals surface area contributed by atoms with Gasteiger partial charge in [-0.25, -0.2) is 8.42 Å². The Kier molecular flexibility index (Phi) is 5.35. The molecule has 2 rings (SSSR count). The number of hydrogen-bond donors (Lipinski definition) is 1. The Bertz CT molecular complexity index is 672. The molecule has 0 bridgehead atoms. The van der Waals surface area contributed by atoms with E-state index in [2.05, 4.69) is 5.32 Å². The summed E-state index contributed by atoms with van der Waals surface area (Å²) in [7, 11) is -3.59. The zero-order valence-electron chi connectivity index (χ0n) is 13.5. The average Bonchev–Trinajstić information content (AvgIpc) is 2.51. The Morgan fingerprint density at radius 3 is 2.52 bits per heavy atom. The van der Waals surface area contributed by atoms with Crippen LogP contribution in [0.1, 0.15) is 20.8 Å². The van der Waals surface area contributed by atoms with Gasteiger partial charge in [0.1, 0.15) is 19.8 Å². The molecular weight excluding hydrogens is 320 g/mol. The second kappa shape index (κ2) is 7.08. The van der Waals surface area contributed by atoms with E-state index < -0.39 is 10.0 Å². The highest BCUT2D eigenvalue weighted by molar-refractivity contribution is 7.92. The monoisotopic (exact) mass is 342 g/mol. The molecule has 1 aliphatic rings. The van der Waals surface area contributed by atoms with Gasteiger partial charge in [-0.3, -0.25) is 9.10 Å². The number of amides is 1. The number of nitrogens with one attached hydrogen (secondary N) is 1. The van der Waals surface area contributed by atoms with Crippen LogP contribution >= 0.6 is 0 Å². The van der Waals surface area contributed by atoms with E-state index in [1.54, 1.807) is 25.1 Å². The van der Waals surface area contributed by atoms with Crippen LogP contribution in [0.15, 0.2) is 18.2 Å². The number of nitrogens with zero attached hydrogens (tertiary/aromatic N) is 1. The predicted molar refractivity (Wildman–Crippen MR) is 87.5 cm³/mol. The van der Waals surface area contributed by atoms with Crippen molar-refractivity contribution in [3.05, 3.63) is 18.2 Å². The van der Waals surface area contributed by atoms with Gasteiger partial charge >= 0.3 is 0 Å². The molecule has 0 radical (unpaired) electrons. The summed E-state index contributed by atoms with van der Waals surface area (Å²) in [5.74, 6) is 0.595. The highest BCUT2D eigenvalue weighted by Gasteiger charge is 2.25. The summed E-state index contributed by atoms with van der Waals surface area (Å²) in [4.78, 5) is 12.0. The highest BCUT2D eigenvalue weighted by atomic mass is 32.2. The average molecular weight is 342 g/mol. The molecule has 1 aromatic rings. The van der Waals surface area contributed by atoms with Crippen molar-refractivity contribution >= 4 is 21.6 Å². The fourth-order valence-corrected chi connectivity index (χ4v) is 3.25. The molecule has 1 heterocycles. The zero-order valence-corrected chi connectivity index (χ0v) is 14.4. The molecule has 0 saturated heterocycles. The van der Waals surface area contributed by atoms with Crippen LogP contribution in [0.5, 0.6) is 11.5 Å². The minimum absolute atomic E-state index is 0.0612. The van der Waals surface area contributed by atoms with Gasteiger partial charge in [0.15, 0.2) is 11.5 Å². The number of sulfonamides is 1. The van der Waals surface area contributed by atoms with Gasteiger partial charge in [-0.2, -0.15) is 0 Å². The lowest BCUT2D eigenvalue weighted by atomic mass is 10.2. The van der Waals surface area contributed by atoms with Gasteiger partial charge in [0.25, 0.3) is 0 Å². The summed E-state index contributed by atoms with van der Waals surface area (Å²) < 4.78 is 36.7. The molecular formula is C15H22N2O5S. The fraction of sp³-hybridized carbons (Fsp3) is 0.533. The molecule has 8 heteroatoms. The third-order valence-corrected chi connectivity index (χ3v) is 4.99. The number of rotatable bonds is 6. The van der Waals surface area contributed by atoms with Gasteiger partial charge < -0.3 is 14.8 Å². The predicted octanol–water partition coefficient (Wildman–Crippen LogP) is 1.14. The number of benzene rings is 1. The maximum Gasteiger partial charge on any atom is 0.240 e. The summed E-state index contributed by atoms with van der Waals surface area (Å²) in [6, 6.07) is 4.80. The number of carbonyl (C=O) groups is 1. The molecule has 0 unspecified atom stereocenters. The molecule has 128 valence electrons. The first kappa shape index (κ1) is 17.4. The van der Waals surface area contributed by atoms with E-state index in [0.717, 1.165) is 4.31 Å². The van der Waals surface area contributed by atoms with Crippen LogP contribution in [0, 0.1) is 0 Å². The minimum Gasteiger partial charge on any atom is -0.486 e. The standard InChI is InChI=1S/C15H22N2O5S/c1-4-23(19,20)17(10-15(18)16-11(2)3)12-5-6-13-14(9-12)22-8-7-21-13/h5-6,9,11H,4,7-8,10H2,1-3H3,(H,16,18). The van der Waals surface area contributed by atoms with Crippen LogP contribution in [0.25, 0.3) is 0 Å². The Morgan fingerprint density at radius 1 is 1.26 bits per heavy atom. The number of ether oxygens (including phenoxy) is 2. The lowest BCUT2D eigenvalue weighted by Crippen LogP contribution is -2.43. The van der Waals surface area contributed by atoms with E-state index in [-0.39, 0.29) is 24.2 Å². The van der Waals surface area contributed by atoms with E-state index >= 15 is 0 Å². The summed E-state index contributed by atoms with van der Waals surface area (Å²) in [5.41, 5.74) is 0.384. The molecule has 0 atom stereocenters. The number of carbonyl (C=O) groups excluding carboxylic acids is 1. The van der Waals surface area contributed by atoms with Crippen molar-refractivity contribution < 1.29 is 22.7 Å². The summed E-state index contributed by atoms with van der Waals surface area (Å²) in [6.07, 6.45) is 0. The Labute approximate surface area is 136 Å². The Morgan fingerprint density at radius 2 is 1.91 bits per heavy atom. The lowest BCUT2D eigenvalue weighted by Gasteiger charge is -2.26. The smallest absolute Gasteiger partial charge is 0.240 e. The third-order valence-electron chi connectivity index (χ3n) is 3.25. The van der Waals surface area contributed by atoms with Crippen molar-refractivity contribution in [3.8, 4) is 11.5 Å². The molecule has 1 aromatic carbocycles. The lowest BCUT2D eigenvalue weighted by molar-refractivity contribution is -0.120. The van der Waals surface area contributed by atoms with E-state index in [9.17, 15) is 13.2 Å². The SMILES string of the molecule is CCS(=O)(=O)N(CC(=O)NC(C)C)c1ccc2c(c1)OCCO2. The zero-order chi connectivity index (χ0) is 17.0. The van der Waals surface area contributed by atoms with E-state index in [1.807, 2.05) is 13.8 Å². The van der Waals surface area contributed by atoms with Crippen molar-refractivity contribution in [1.82, 2.24) is 5.32 Å². The van der Waals surface area contributed by atoms with Crippen LogP contribution in [0.4, 0.5) is 5.69 Å². The van der Waals surface area contributed by atoms with Gasteiger partial charge in [0.2, 0.25) is 15.9 Å². The summed E-state index contributed by atoms with van der Waals surface area (Å²) >= 11 is 0. The molecule has 0 aromatic heterocycles. The van der Waals surface area contributed by atoms with Gasteiger partial charge in [-0.15, -0.1) is 0 Å². The molecule has 23 heavy (non-hydrogen) atoms. The number of hydrogen-bond acceptors (Lipinski definition) is 5. The molecule has 1 aliphatic heterocycles. The number of fused-ring (bicyclic) bond motifs is 1.